The molecule has 5 nitrogen and oxygen atoms in total. The summed E-state index contributed by atoms with van der Waals surface area (Å²) in [5, 5.41) is 33.3. The Morgan fingerprint density at radius 3 is 2.50 bits per heavy atom. The first-order valence-corrected chi connectivity index (χ1v) is 7.82. The van der Waals surface area contributed by atoms with Crippen LogP contribution in [0.25, 0.3) is 0 Å². The van der Waals surface area contributed by atoms with E-state index in [1.165, 1.54) is 11.8 Å². The summed E-state index contributed by atoms with van der Waals surface area (Å²) in [6.07, 6.45) is 3.49. The van der Waals surface area contributed by atoms with Crippen molar-refractivity contribution in [1.29, 1.82) is 0 Å². The SMILES string of the molecule is C=O.CNC1C(C)/C=C\CCSC(O)C(O)C1[C@H](C)O. The van der Waals surface area contributed by atoms with E-state index in [4.69, 9.17) is 4.79 Å². The summed E-state index contributed by atoms with van der Waals surface area (Å²) in [4.78, 5) is 8.00. The van der Waals surface area contributed by atoms with Crippen molar-refractivity contribution in [3.63, 3.8) is 0 Å². The molecule has 0 amide bonds. The summed E-state index contributed by atoms with van der Waals surface area (Å²) in [5.41, 5.74) is -0.848. The lowest BCUT2D eigenvalue weighted by atomic mass is 9.82. The highest BCUT2D eigenvalue weighted by Gasteiger charge is 2.37. The van der Waals surface area contributed by atoms with Crippen LogP contribution in [0, 0.1) is 11.8 Å². The molecule has 1 aliphatic rings. The van der Waals surface area contributed by atoms with E-state index in [-0.39, 0.29) is 12.0 Å². The van der Waals surface area contributed by atoms with E-state index in [9.17, 15) is 15.3 Å². The number of hydrogen-bond donors (Lipinski definition) is 4. The molecule has 0 aromatic heterocycles. The first-order valence-electron chi connectivity index (χ1n) is 6.77. The van der Waals surface area contributed by atoms with Gasteiger partial charge >= 0.3 is 0 Å². The van der Waals surface area contributed by atoms with Gasteiger partial charge in [0.05, 0.1) is 12.2 Å². The number of aliphatic hydroxyl groups is 3. The maximum atomic E-state index is 10.3. The maximum Gasteiger partial charge on any atom is 0.126 e. The number of carbonyl (C=O) groups is 1. The molecule has 5 unspecified atom stereocenters. The summed E-state index contributed by atoms with van der Waals surface area (Å²) in [7, 11) is 1.82. The molecule has 20 heavy (non-hydrogen) atoms. The van der Waals surface area contributed by atoms with E-state index < -0.39 is 23.6 Å². The molecule has 6 atom stereocenters. The molecule has 0 spiro atoms. The first kappa shape index (κ1) is 19.6. The molecule has 0 saturated carbocycles. The largest absolute Gasteiger partial charge is 0.393 e. The minimum absolute atomic E-state index is 0.0652. The summed E-state index contributed by atoms with van der Waals surface area (Å²) >= 11 is 1.33. The molecule has 1 heterocycles. The van der Waals surface area contributed by atoms with Gasteiger partial charge in [-0.15, -0.1) is 11.8 Å². The van der Waals surface area contributed by atoms with E-state index in [0.29, 0.717) is 0 Å². The molecule has 0 saturated heterocycles. The van der Waals surface area contributed by atoms with E-state index in [0.717, 1.165) is 12.2 Å². The molecule has 0 aromatic rings. The molecule has 118 valence electrons. The summed E-state index contributed by atoms with van der Waals surface area (Å²) < 4.78 is 0. The monoisotopic (exact) mass is 305 g/mol. The van der Waals surface area contributed by atoms with Gasteiger partial charge in [0.1, 0.15) is 12.2 Å². The van der Waals surface area contributed by atoms with Gasteiger partial charge in [-0.25, -0.2) is 0 Å². The molecular weight excluding hydrogens is 278 g/mol. The molecule has 1 aliphatic heterocycles. The van der Waals surface area contributed by atoms with Gasteiger partial charge in [0.25, 0.3) is 0 Å². The van der Waals surface area contributed by atoms with Crippen molar-refractivity contribution < 1.29 is 20.1 Å². The fraction of sp³-hybridized carbons (Fsp3) is 0.786. The van der Waals surface area contributed by atoms with Gasteiger partial charge in [0, 0.05) is 12.0 Å². The van der Waals surface area contributed by atoms with Crippen LogP contribution in [-0.4, -0.2) is 58.6 Å². The zero-order valence-electron chi connectivity index (χ0n) is 12.4. The predicted octanol–water partition coefficient (Wildman–Crippen LogP) is 0.395. The minimum Gasteiger partial charge on any atom is -0.393 e. The van der Waals surface area contributed by atoms with Crippen LogP contribution in [0.15, 0.2) is 12.2 Å². The van der Waals surface area contributed by atoms with Crippen molar-refractivity contribution >= 4 is 18.6 Å². The molecule has 0 aliphatic carbocycles. The Morgan fingerprint density at radius 2 is 2.00 bits per heavy atom. The molecular formula is C14H27NO4S. The molecule has 0 fully saturated rings. The third-order valence-corrected chi connectivity index (χ3v) is 4.66. The Balaban J connectivity index is 0.00000172. The standard InChI is InChI=1S/C13H25NO3S.CH2O/c1-8-6-4-5-7-18-13(17)12(16)10(9(2)15)11(8)14-3;1-2/h4,6,8-17H,5,7H2,1-3H3;1H2/b6-4-;/t8?,9-,10?,11?,12?,13?;/m0./s1. The summed E-state index contributed by atoms with van der Waals surface area (Å²) in [6, 6.07) is -0.0652. The van der Waals surface area contributed by atoms with Crippen LogP contribution in [0.3, 0.4) is 0 Å². The number of aliphatic hydroxyl groups excluding tert-OH is 3. The zero-order chi connectivity index (χ0) is 15.7. The molecule has 4 N–H and O–H groups in total. The second-order valence-corrected chi connectivity index (χ2v) is 6.18. The topological polar surface area (TPSA) is 89.8 Å². The Kier molecular flexibility index (Phi) is 10.1. The highest BCUT2D eigenvalue weighted by molar-refractivity contribution is 7.99. The van der Waals surface area contributed by atoms with Crippen molar-refractivity contribution in [3.05, 3.63) is 12.2 Å². The van der Waals surface area contributed by atoms with Crippen molar-refractivity contribution in [2.45, 2.75) is 44.0 Å². The van der Waals surface area contributed by atoms with Gasteiger partial charge < -0.3 is 25.4 Å². The van der Waals surface area contributed by atoms with Gasteiger partial charge in [-0.3, -0.25) is 0 Å². The average molecular weight is 305 g/mol. The minimum atomic E-state index is -0.929. The van der Waals surface area contributed by atoms with Crippen LogP contribution in [0.5, 0.6) is 0 Å². The van der Waals surface area contributed by atoms with E-state index in [2.05, 4.69) is 24.4 Å². The Labute approximate surface area is 125 Å². The van der Waals surface area contributed by atoms with Crippen molar-refractivity contribution in [2.75, 3.05) is 12.8 Å². The number of nitrogens with one attached hydrogen (secondary N) is 1. The Hall–Kier alpha value is -0.400. The van der Waals surface area contributed by atoms with Gasteiger partial charge in [0.15, 0.2) is 0 Å². The van der Waals surface area contributed by atoms with Gasteiger partial charge in [-0.2, -0.15) is 0 Å². The number of thioether (sulfide) groups is 1. The highest BCUT2D eigenvalue weighted by Crippen LogP contribution is 2.28. The summed E-state index contributed by atoms with van der Waals surface area (Å²) in [5.74, 6) is 0.577. The van der Waals surface area contributed by atoms with Crippen LogP contribution >= 0.6 is 11.8 Å². The van der Waals surface area contributed by atoms with Gasteiger partial charge in [0.2, 0.25) is 0 Å². The number of rotatable bonds is 2. The van der Waals surface area contributed by atoms with Crippen LogP contribution < -0.4 is 5.32 Å². The van der Waals surface area contributed by atoms with Crippen LogP contribution in [0.4, 0.5) is 0 Å². The quantitative estimate of drug-likeness (QED) is 0.552. The molecule has 0 aromatic carbocycles. The summed E-state index contributed by atoms with van der Waals surface area (Å²) in [6.45, 7) is 5.72. The van der Waals surface area contributed by atoms with Crippen molar-refractivity contribution in [3.8, 4) is 0 Å². The molecule has 1 rings (SSSR count). The van der Waals surface area contributed by atoms with Crippen molar-refractivity contribution in [1.82, 2.24) is 5.32 Å². The third-order valence-electron chi connectivity index (χ3n) is 3.57. The van der Waals surface area contributed by atoms with Crippen LogP contribution in [-0.2, 0) is 4.79 Å². The van der Waals surface area contributed by atoms with Crippen molar-refractivity contribution in [2.24, 2.45) is 11.8 Å². The van der Waals surface area contributed by atoms with Gasteiger partial charge in [-0.05, 0) is 32.1 Å². The van der Waals surface area contributed by atoms with E-state index >= 15 is 0 Å². The van der Waals surface area contributed by atoms with E-state index in [1.807, 2.05) is 13.8 Å². The normalized spacial score (nSPS) is 38.2. The zero-order valence-corrected chi connectivity index (χ0v) is 13.2. The Bertz CT molecular complexity index is 288. The number of hydrogen-bond acceptors (Lipinski definition) is 6. The second-order valence-electron chi connectivity index (χ2n) is 4.96. The molecule has 6 heteroatoms. The predicted molar refractivity (Wildman–Crippen MR) is 82.5 cm³/mol. The smallest absolute Gasteiger partial charge is 0.126 e. The first-order chi connectivity index (χ1) is 9.49. The van der Waals surface area contributed by atoms with Crippen LogP contribution in [0.2, 0.25) is 0 Å². The van der Waals surface area contributed by atoms with Gasteiger partial charge in [-0.1, -0.05) is 19.1 Å². The fourth-order valence-corrected chi connectivity index (χ4v) is 3.47. The second kappa shape index (κ2) is 10.3. The fourth-order valence-electron chi connectivity index (χ4n) is 2.58. The molecule has 0 radical (unpaired) electrons. The lowest BCUT2D eigenvalue weighted by Gasteiger charge is -2.37. The maximum absolute atomic E-state index is 10.3. The Morgan fingerprint density at radius 1 is 1.40 bits per heavy atom. The van der Waals surface area contributed by atoms with E-state index in [1.54, 1.807) is 6.92 Å². The number of carbonyl (C=O) groups excluding carboxylic acids is 1. The lowest BCUT2D eigenvalue weighted by Crippen LogP contribution is -2.51. The number of allylic oxidation sites excluding steroid dienone is 1. The molecule has 0 bridgehead atoms. The highest BCUT2D eigenvalue weighted by atomic mass is 32.2. The third kappa shape index (κ3) is 5.54. The lowest BCUT2D eigenvalue weighted by molar-refractivity contribution is -0.0980. The van der Waals surface area contributed by atoms with Crippen LogP contribution in [0.1, 0.15) is 20.3 Å². The average Bonchev–Trinajstić information content (AvgIpc) is 2.44.